The molecule has 104 valence electrons. The molecular formula is C13H8F3NO3. The third-order valence-corrected chi connectivity index (χ3v) is 2.46. The third-order valence-electron chi connectivity index (χ3n) is 2.46. The van der Waals surface area contributed by atoms with E-state index in [1.165, 1.54) is 24.3 Å². The van der Waals surface area contributed by atoms with Crippen molar-refractivity contribution >= 4 is 6.08 Å². The number of nitro groups is 1. The van der Waals surface area contributed by atoms with Crippen molar-refractivity contribution in [2.45, 2.75) is 6.18 Å². The molecule has 0 aliphatic carbocycles. The van der Waals surface area contributed by atoms with Gasteiger partial charge in [-0.25, -0.2) is 0 Å². The summed E-state index contributed by atoms with van der Waals surface area (Å²) in [7, 11) is 0. The first-order chi connectivity index (χ1) is 9.36. The molecule has 0 spiro atoms. The molecule has 0 amide bonds. The van der Waals surface area contributed by atoms with Crippen molar-refractivity contribution in [3.05, 3.63) is 64.0 Å². The summed E-state index contributed by atoms with van der Waals surface area (Å²) in [5, 5.41) is 10.2. The first-order valence-electron chi connectivity index (χ1n) is 5.45. The standard InChI is InChI=1S/C13H8F3NO3/c14-13(15,16)10-3-1-2-9(8-10)12-5-4-11(20-12)6-7-17(18)19/h1-8H. The van der Waals surface area contributed by atoms with Gasteiger partial charge in [-0.15, -0.1) is 0 Å². The number of halogens is 3. The summed E-state index contributed by atoms with van der Waals surface area (Å²) in [6.07, 6.45) is -2.62. The van der Waals surface area contributed by atoms with Crippen molar-refractivity contribution in [1.82, 2.24) is 0 Å². The predicted molar refractivity (Wildman–Crippen MR) is 65.2 cm³/mol. The number of alkyl halides is 3. The summed E-state index contributed by atoms with van der Waals surface area (Å²) >= 11 is 0. The minimum Gasteiger partial charge on any atom is -0.457 e. The largest absolute Gasteiger partial charge is 0.457 e. The number of furan rings is 1. The lowest BCUT2D eigenvalue weighted by atomic mass is 10.1. The van der Waals surface area contributed by atoms with Gasteiger partial charge in [0.05, 0.1) is 16.6 Å². The van der Waals surface area contributed by atoms with Gasteiger partial charge in [-0.2, -0.15) is 13.2 Å². The Morgan fingerprint density at radius 1 is 1.20 bits per heavy atom. The molecule has 0 saturated carbocycles. The average molecular weight is 283 g/mol. The van der Waals surface area contributed by atoms with Crippen LogP contribution in [0.25, 0.3) is 17.4 Å². The molecule has 20 heavy (non-hydrogen) atoms. The fourth-order valence-electron chi connectivity index (χ4n) is 1.58. The molecule has 4 nitrogen and oxygen atoms in total. The summed E-state index contributed by atoms with van der Waals surface area (Å²) in [5.74, 6) is 0.396. The number of hydrogen-bond donors (Lipinski definition) is 0. The van der Waals surface area contributed by atoms with Gasteiger partial charge in [0, 0.05) is 5.56 Å². The zero-order chi connectivity index (χ0) is 14.8. The van der Waals surface area contributed by atoms with Crippen LogP contribution in [-0.4, -0.2) is 4.92 Å². The normalized spacial score (nSPS) is 11.9. The van der Waals surface area contributed by atoms with Crippen LogP contribution in [0.4, 0.5) is 13.2 Å². The van der Waals surface area contributed by atoms with Crippen molar-refractivity contribution in [3.8, 4) is 11.3 Å². The molecule has 0 saturated heterocycles. The zero-order valence-corrected chi connectivity index (χ0v) is 9.92. The van der Waals surface area contributed by atoms with Crippen LogP contribution in [0.5, 0.6) is 0 Å². The fourth-order valence-corrected chi connectivity index (χ4v) is 1.58. The van der Waals surface area contributed by atoms with E-state index >= 15 is 0 Å². The molecule has 0 aliphatic rings. The van der Waals surface area contributed by atoms with E-state index in [0.717, 1.165) is 18.2 Å². The Kier molecular flexibility index (Phi) is 3.60. The van der Waals surface area contributed by atoms with Crippen LogP contribution in [0.15, 0.2) is 47.0 Å². The summed E-state index contributed by atoms with van der Waals surface area (Å²) in [6.45, 7) is 0. The Balaban J connectivity index is 2.31. The van der Waals surface area contributed by atoms with Gasteiger partial charge < -0.3 is 4.42 Å². The van der Waals surface area contributed by atoms with E-state index in [0.29, 0.717) is 6.20 Å². The van der Waals surface area contributed by atoms with Crippen LogP contribution < -0.4 is 0 Å². The summed E-state index contributed by atoms with van der Waals surface area (Å²) in [6, 6.07) is 7.55. The molecule has 0 atom stereocenters. The SMILES string of the molecule is O=[N+]([O-])C=Cc1ccc(-c2cccc(C(F)(F)F)c2)o1. The maximum Gasteiger partial charge on any atom is 0.416 e. The van der Waals surface area contributed by atoms with Crippen molar-refractivity contribution in [1.29, 1.82) is 0 Å². The van der Waals surface area contributed by atoms with Gasteiger partial charge in [0.2, 0.25) is 6.20 Å². The Bertz CT molecular complexity index is 659. The quantitative estimate of drug-likeness (QED) is 0.626. The Hall–Kier alpha value is -2.57. The molecule has 1 aromatic heterocycles. The highest BCUT2D eigenvalue weighted by atomic mass is 19.4. The number of hydrogen-bond acceptors (Lipinski definition) is 3. The first-order valence-corrected chi connectivity index (χ1v) is 5.45. The third kappa shape index (κ3) is 3.25. The second-order valence-corrected chi connectivity index (χ2v) is 3.88. The Labute approximate surface area is 111 Å². The van der Waals surface area contributed by atoms with Crippen LogP contribution in [0.3, 0.4) is 0 Å². The zero-order valence-electron chi connectivity index (χ0n) is 9.92. The van der Waals surface area contributed by atoms with Gasteiger partial charge in [0.25, 0.3) is 0 Å². The van der Waals surface area contributed by atoms with Gasteiger partial charge in [-0.1, -0.05) is 12.1 Å². The minimum absolute atomic E-state index is 0.189. The van der Waals surface area contributed by atoms with E-state index in [4.69, 9.17) is 4.42 Å². The molecule has 0 N–H and O–H groups in total. The highest BCUT2D eigenvalue weighted by molar-refractivity contribution is 5.60. The van der Waals surface area contributed by atoms with Gasteiger partial charge in [-0.05, 0) is 24.3 Å². The monoisotopic (exact) mass is 283 g/mol. The van der Waals surface area contributed by atoms with Crippen LogP contribution in [0.2, 0.25) is 0 Å². The lowest BCUT2D eigenvalue weighted by molar-refractivity contribution is -0.401. The topological polar surface area (TPSA) is 56.3 Å². The van der Waals surface area contributed by atoms with E-state index in [-0.39, 0.29) is 17.1 Å². The van der Waals surface area contributed by atoms with Gasteiger partial charge in [-0.3, -0.25) is 10.1 Å². The van der Waals surface area contributed by atoms with Gasteiger partial charge in [0.1, 0.15) is 11.5 Å². The smallest absolute Gasteiger partial charge is 0.416 e. The van der Waals surface area contributed by atoms with E-state index in [1.54, 1.807) is 0 Å². The maximum absolute atomic E-state index is 12.6. The average Bonchev–Trinajstić information content (AvgIpc) is 2.84. The van der Waals surface area contributed by atoms with Crippen molar-refractivity contribution in [3.63, 3.8) is 0 Å². The molecule has 0 bridgehead atoms. The van der Waals surface area contributed by atoms with Crippen LogP contribution in [0, 0.1) is 10.1 Å². The van der Waals surface area contributed by atoms with Crippen molar-refractivity contribution in [2.75, 3.05) is 0 Å². The van der Waals surface area contributed by atoms with Crippen LogP contribution in [0.1, 0.15) is 11.3 Å². The molecule has 0 aliphatic heterocycles. The molecule has 0 unspecified atom stereocenters. The number of benzene rings is 1. The lowest BCUT2D eigenvalue weighted by Crippen LogP contribution is -2.04. The van der Waals surface area contributed by atoms with Crippen LogP contribution in [-0.2, 0) is 6.18 Å². The highest BCUT2D eigenvalue weighted by Gasteiger charge is 2.30. The molecule has 1 heterocycles. The molecule has 1 aromatic carbocycles. The lowest BCUT2D eigenvalue weighted by Gasteiger charge is -2.07. The fraction of sp³-hybridized carbons (Fsp3) is 0.0769. The molecule has 0 fully saturated rings. The summed E-state index contributed by atoms with van der Waals surface area (Å²) in [4.78, 5) is 9.50. The molecule has 7 heteroatoms. The van der Waals surface area contributed by atoms with Crippen molar-refractivity contribution < 1.29 is 22.5 Å². The summed E-state index contributed by atoms with van der Waals surface area (Å²) in [5.41, 5.74) is -0.533. The molecule has 2 rings (SSSR count). The maximum atomic E-state index is 12.6. The Morgan fingerprint density at radius 3 is 2.60 bits per heavy atom. The first kappa shape index (κ1) is 13.9. The molecule has 2 aromatic rings. The van der Waals surface area contributed by atoms with Gasteiger partial charge >= 0.3 is 6.18 Å². The van der Waals surface area contributed by atoms with Crippen LogP contribution >= 0.6 is 0 Å². The van der Waals surface area contributed by atoms with E-state index in [1.807, 2.05) is 0 Å². The minimum atomic E-state index is -4.43. The predicted octanol–water partition coefficient (Wildman–Crippen LogP) is 4.21. The van der Waals surface area contributed by atoms with Crippen molar-refractivity contribution in [2.24, 2.45) is 0 Å². The van der Waals surface area contributed by atoms with E-state index in [9.17, 15) is 23.3 Å². The second-order valence-electron chi connectivity index (χ2n) is 3.88. The van der Waals surface area contributed by atoms with E-state index < -0.39 is 16.7 Å². The molecule has 0 radical (unpaired) electrons. The number of nitrogens with zero attached hydrogens (tertiary/aromatic N) is 1. The Morgan fingerprint density at radius 2 is 1.95 bits per heavy atom. The number of rotatable bonds is 3. The van der Waals surface area contributed by atoms with E-state index in [2.05, 4.69) is 0 Å². The second kappa shape index (κ2) is 5.20. The van der Waals surface area contributed by atoms with Gasteiger partial charge in [0.15, 0.2) is 0 Å². The summed E-state index contributed by atoms with van der Waals surface area (Å²) < 4.78 is 43.0. The molecular weight excluding hydrogens is 275 g/mol. The highest BCUT2D eigenvalue weighted by Crippen LogP contribution is 2.32.